The molecular weight excluding hydrogens is 286 g/mol. The first kappa shape index (κ1) is 15.5. The van der Waals surface area contributed by atoms with E-state index in [0.717, 1.165) is 30.4 Å². The molecule has 0 amide bonds. The molecule has 1 aromatic carbocycles. The van der Waals surface area contributed by atoms with Crippen molar-refractivity contribution >= 4 is 0 Å². The Balaban J connectivity index is 1.80. The van der Waals surface area contributed by atoms with Gasteiger partial charge in [-0.1, -0.05) is 24.3 Å². The van der Waals surface area contributed by atoms with Crippen molar-refractivity contribution in [3.05, 3.63) is 59.8 Å². The molecule has 0 spiro atoms. The molecule has 0 atom stereocenters. The van der Waals surface area contributed by atoms with Crippen LogP contribution in [0.1, 0.15) is 17.0 Å². The Labute approximate surface area is 137 Å². The SMILES string of the molecule is Cc1nc(-c2nccn2Cc2ccc(CN(C)C)cc2)cn1C. The van der Waals surface area contributed by atoms with Crippen LogP contribution in [0.2, 0.25) is 0 Å². The Morgan fingerprint density at radius 3 is 2.39 bits per heavy atom. The summed E-state index contributed by atoms with van der Waals surface area (Å²) in [6.07, 6.45) is 5.86. The minimum atomic E-state index is 0.799. The average Bonchev–Trinajstić information content (AvgIpc) is 3.08. The number of imidazole rings is 2. The number of rotatable bonds is 5. The second-order valence-electron chi connectivity index (χ2n) is 6.22. The smallest absolute Gasteiger partial charge is 0.160 e. The number of hydrogen-bond acceptors (Lipinski definition) is 3. The first-order chi connectivity index (χ1) is 11.0. The molecule has 0 bridgehead atoms. The molecule has 0 aliphatic heterocycles. The van der Waals surface area contributed by atoms with Crippen molar-refractivity contribution in [2.24, 2.45) is 7.05 Å². The standard InChI is InChI=1S/C18H23N5/c1-14-20-17(13-22(14)4)18-19-9-10-23(18)12-16-7-5-15(6-8-16)11-21(2)3/h5-10,13H,11-12H2,1-4H3. The Hall–Kier alpha value is -2.40. The van der Waals surface area contributed by atoms with Crippen molar-refractivity contribution in [3.63, 3.8) is 0 Å². The van der Waals surface area contributed by atoms with E-state index in [1.54, 1.807) is 0 Å². The molecule has 0 unspecified atom stereocenters. The van der Waals surface area contributed by atoms with Crippen LogP contribution in [0.4, 0.5) is 0 Å². The van der Waals surface area contributed by atoms with Crippen molar-refractivity contribution in [3.8, 4) is 11.5 Å². The predicted octanol–water partition coefficient (Wildman–Crippen LogP) is 2.70. The van der Waals surface area contributed by atoms with E-state index in [2.05, 4.69) is 57.8 Å². The molecule has 0 fully saturated rings. The van der Waals surface area contributed by atoms with E-state index in [1.165, 1.54) is 11.1 Å². The summed E-state index contributed by atoms with van der Waals surface area (Å²) in [4.78, 5) is 11.2. The molecule has 0 N–H and O–H groups in total. The fourth-order valence-corrected chi connectivity index (χ4v) is 2.65. The second kappa shape index (κ2) is 6.38. The van der Waals surface area contributed by atoms with Gasteiger partial charge in [0.2, 0.25) is 0 Å². The topological polar surface area (TPSA) is 38.9 Å². The highest BCUT2D eigenvalue weighted by Crippen LogP contribution is 2.18. The molecule has 5 heteroatoms. The van der Waals surface area contributed by atoms with Gasteiger partial charge >= 0.3 is 0 Å². The summed E-state index contributed by atoms with van der Waals surface area (Å²) in [6.45, 7) is 3.76. The molecular formula is C18H23N5. The van der Waals surface area contributed by atoms with Crippen molar-refractivity contribution < 1.29 is 0 Å². The number of nitrogens with zero attached hydrogens (tertiary/aromatic N) is 5. The van der Waals surface area contributed by atoms with E-state index in [1.807, 2.05) is 37.1 Å². The van der Waals surface area contributed by atoms with Gasteiger partial charge in [-0.2, -0.15) is 0 Å². The lowest BCUT2D eigenvalue weighted by atomic mass is 10.1. The van der Waals surface area contributed by atoms with Gasteiger partial charge in [-0.05, 0) is 32.1 Å². The molecule has 0 saturated carbocycles. The fourth-order valence-electron chi connectivity index (χ4n) is 2.65. The fraction of sp³-hybridized carbons (Fsp3) is 0.333. The first-order valence-corrected chi connectivity index (χ1v) is 7.77. The third-order valence-electron chi connectivity index (χ3n) is 3.93. The predicted molar refractivity (Wildman–Crippen MR) is 92.1 cm³/mol. The van der Waals surface area contributed by atoms with Gasteiger partial charge < -0.3 is 14.0 Å². The Morgan fingerprint density at radius 1 is 1.09 bits per heavy atom. The summed E-state index contributed by atoms with van der Waals surface area (Å²) in [5.41, 5.74) is 3.50. The Morgan fingerprint density at radius 2 is 1.78 bits per heavy atom. The summed E-state index contributed by atoms with van der Waals surface area (Å²) in [5, 5.41) is 0. The lowest BCUT2D eigenvalue weighted by Gasteiger charge is -2.11. The quantitative estimate of drug-likeness (QED) is 0.727. The average molecular weight is 309 g/mol. The minimum Gasteiger partial charge on any atom is -0.337 e. The molecule has 0 aliphatic rings. The minimum absolute atomic E-state index is 0.799. The molecule has 23 heavy (non-hydrogen) atoms. The van der Waals surface area contributed by atoms with E-state index >= 15 is 0 Å². The zero-order valence-electron chi connectivity index (χ0n) is 14.2. The van der Waals surface area contributed by atoms with Crippen molar-refractivity contribution in [1.29, 1.82) is 0 Å². The number of hydrogen-bond donors (Lipinski definition) is 0. The highest BCUT2D eigenvalue weighted by molar-refractivity contribution is 5.49. The van der Waals surface area contributed by atoms with E-state index in [0.29, 0.717) is 0 Å². The van der Waals surface area contributed by atoms with Gasteiger partial charge in [0.1, 0.15) is 11.5 Å². The maximum atomic E-state index is 4.58. The maximum Gasteiger partial charge on any atom is 0.160 e. The van der Waals surface area contributed by atoms with Gasteiger partial charge in [0.05, 0.1) is 0 Å². The first-order valence-electron chi connectivity index (χ1n) is 7.77. The number of aryl methyl sites for hydroxylation is 2. The molecule has 5 nitrogen and oxygen atoms in total. The van der Waals surface area contributed by atoms with Crippen LogP contribution in [0, 0.1) is 6.92 Å². The summed E-state index contributed by atoms with van der Waals surface area (Å²) in [5.74, 6) is 1.90. The van der Waals surface area contributed by atoms with Crippen molar-refractivity contribution in [2.75, 3.05) is 14.1 Å². The normalized spacial score (nSPS) is 11.3. The van der Waals surface area contributed by atoms with Gasteiger partial charge in [0.15, 0.2) is 5.82 Å². The zero-order chi connectivity index (χ0) is 16.4. The Kier molecular flexibility index (Phi) is 4.30. The zero-order valence-corrected chi connectivity index (χ0v) is 14.2. The van der Waals surface area contributed by atoms with Crippen molar-refractivity contribution in [1.82, 2.24) is 24.0 Å². The summed E-state index contributed by atoms with van der Waals surface area (Å²) < 4.78 is 4.16. The van der Waals surface area contributed by atoms with Gasteiger partial charge in [-0.3, -0.25) is 0 Å². The lowest BCUT2D eigenvalue weighted by molar-refractivity contribution is 0.402. The van der Waals surface area contributed by atoms with Crippen LogP contribution >= 0.6 is 0 Å². The van der Waals surface area contributed by atoms with Gasteiger partial charge in [-0.15, -0.1) is 0 Å². The highest BCUT2D eigenvalue weighted by Gasteiger charge is 2.10. The Bertz CT molecular complexity index is 761. The molecule has 0 saturated heterocycles. The van der Waals surface area contributed by atoms with Crippen LogP contribution in [0.3, 0.4) is 0 Å². The highest BCUT2D eigenvalue weighted by atomic mass is 15.1. The largest absolute Gasteiger partial charge is 0.337 e. The summed E-state index contributed by atoms with van der Waals surface area (Å²) in [6, 6.07) is 8.76. The van der Waals surface area contributed by atoms with Crippen LogP contribution < -0.4 is 0 Å². The van der Waals surface area contributed by atoms with E-state index in [9.17, 15) is 0 Å². The third-order valence-corrected chi connectivity index (χ3v) is 3.93. The van der Waals surface area contributed by atoms with Gasteiger partial charge in [-0.25, -0.2) is 9.97 Å². The molecule has 0 radical (unpaired) electrons. The third kappa shape index (κ3) is 3.51. The molecule has 3 aromatic rings. The maximum absolute atomic E-state index is 4.58. The number of benzene rings is 1. The molecule has 2 heterocycles. The van der Waals surface area contributed by atoms with E-state index < -0.39 is 0 Å². The summed E-state index contributed by atoms with van der Waals surface area (Å²) >= 11 is 0. The number of aromatic nitrogens is 4. The molecule has 120 valence electrons. The van der Waals surface area contributed by atoms with Crippen LogP contribution in [0.15, 0.2) is 42.9 Å². The second-order valence-corrected chi connectivity index (χ2v) is 6.22. The van der Waals surface area contributed by atoms with Crippen LogP contribution in [0.5, 0.6) is 0 Å². The van der Waals surface area contributed by atoms with Gasteiger partial charge in [0, 0.05) is 38.7 Å². The monoisotopic (exact) mass is 309 g/mol. The summed E-state index contributed by atoms with van der Waals surface area (Å²) in [7, 11) is 6.17. The van der Waals surface area contributed by atoms with Crippen molar-refractivity contribution in [2.45, 2.75) is 20.0 Å². The molecule has 0 aliphatic carbocycles. The molecule has 3 rings (SSSR count). The van der Waals surface area contributed by atoms with Gasteiger partial charge in [0.25, 0.3) is 0 Å². The van der Waals surface area contributed by atoms with E-state index in [-0.39, 0.29) is 0 Å². The van der Waals surface area contributed by atoms with Crippen LogP contribution in [-0.2, 0) is 20.1 Å². The van der Waals surface area contributed by atoms with Crippen LogP contribution in [0.25, 0.3) is 11.5 Å². The molecule has 2 aromatic heterocycles. The van der Waals surface area contributed by atoms with E-state index in [4.69, 9.17) is 0 Å². The van der Waals surface area contributed by atoms with Crippen LogP contribution in [-0.4, -0.2) is 38.1 Å². The lowest BCUT2D eigenvalue weighted by Crippen LogP contribution is -2.10.